The number of fused-ring (bicyclic) bond motifs is 1. The van der Waals surface area contributed by atoms with Crippen LogP contribution in [0.25, 0.3) is 0 Å². The lowest BCUT2D eigenvalue weighted by Gasteiger charge is -2.39. The number of carbonyl (C=O) groups is 4. The fourth-order valence-electron chi connectivity index (χ4n) is 4.47. The zero-order valence-corrected chi connectivity index (χ0v) is 22.9. The molecule has 1 aromatic heterocycles. The first kappa shape index (κ1) is 28.0. The van der Waals surface area contributed by atoms with Crippen LogP contribution in [0.4, 0.5) is 5.69 Å². The number of piperidine rings is 1. The molecule has 1 fully saturated rings. The molecule has 2 aliphatic rings. The maximum Gasteiger partial charge on any atom is 0.313 e. The summed E-state index contributed by atoms with van der Waals surface area (Å²) in [5.41, 5.74) is 1.36. The van der Waals surface area contributed by atoms with Crippen molar-refractivity contribution in [1.29, 1.82) is 0 Å². The van der Waals surface area contributed by atoms with E-state index in [1.807, 2.05) is 0 Å². The standard InChI is InChI=1S/C25H31ClN6O5S/c1-31-10-7-18-20(9-11-31)38-25(30-18)24(36)29-19-13-32(21(33)14-37-2)12-8-17(19)28-23(35)22(34)27-16-5-3-15(26)4-6-16/h3-6,17,19H,7-14H2,1-2H3,(H,27,34)(H,28,35)(H,29,36)/t17-,19+/m0/s1. The number of likely N-dealkylation sites (N-methyl/N-ethyl adjacent to an activating group) is 1. The number of anilines is 1. The highest BCUT2D eigenvalue weighted by Crippen LogP contribution is 2.23. The molecule has 0 spiro atoms. The summed E-state index contributed by atoms with van der Waals surface area (Å²) in [6.45, 7) is 2.20. The number of methoxy groups -OCH3 is 1. The van der Waals surface area contributed by atoms with E-state index in [9.17, 15) is 19.2 Å². The number of nitrogens with one attached hydrogen (secondary N) is 3. The Morgan fingerprint density at radius 2 is 1.79 bits per heavy atom. The average Bonchev–Trinajstić information content (AvgIpc) is 3.23. The van der Waals surface area contributed by atoms with Gasteiger partial charge in [0.05, 0.1) is 17.8 Å². The van der Waals surface area contributed by atoms with Gasteiger partial charge in [-0.2, -0.15) is 0 Å². The third-order valence-corrected chi connectivity index (χ3v) is 8.01. The Hall–Kier alpha value is -3.06. The Morgan fingerprint density at radius 1 is 1.05 bits per heavy atom. The minimum atomic E-state index is -0.844. The van der Waals surface area contributed by atoms with Crippen LogP contribution in [-0.2, 0) is 32.0 Å². The van der Waals surface area contributed by atoms with Crippen molar-refractivity contribution in [3.8, 4) is 0 Å². The van der Waals surface area contributed by atoms with Gasteiger partial charge in [0.1, 0.15) is 6.61 Å². The van der Waals surface area contributed by atoms with Gasteiger partial charge in [0.25, 0.3) is 5.91 Å². The van der Waals surface area contributed by atoms with E-state index in [0.717, 1.165) is 36.5 Å². The number of thiazole rings is 1. The second-order valence-electron chi connectivity index (χ2n) is 9.37. The molecule has 3 heterocycles. The Labute approximate surface area is 229 Å². The molecule has 0 saturated carbocycles. The SMILES string of the molecule is COCC(=O)N1CC[C@H](NC(=O)C(=O)Nc2ccc(Cl)cc2)[C@H](NC(=O)c2nc3c(s2)CCN(C)CC3)C1. The monoisotopic (exact) mass is 562 g/mol. The van der Waals surface area contributed by atoms with Crippen LogP contribution in [0.3, 0.4) is 0 Å². The zero-order valence-electron chi connectivity index (χ0n) is 21.3. The van der Waals surface area contributed by atoms with E-state index < -0.39 is 23.9 Å². The third kappa shape index (κ3) is 7.07. The average molecular weight is 563 g/mol. The molecule has 4 amide bonds. The Kier molecular flexibility index (Phi) is 9.31. The summed E-state index contributed by atoms with van der Waals surface area (Å²) >= 11 is 7.24. The summed E-state index contributed by atoms with van der Waals surface area (Å²) in [7, 11) is 3.50. The molecular formula is C25H31ClN6O5S. The lowest BCUT2D eigenvalue weighted by atomic mass is 9.98. The van der Waals surface area contributed by atoms with Gasteiger partial charge in [0, 0.05) is 55.3 Å². The molecular weight excluding hydrogens is 532 g/mol. The van der Waals surface area contributed by atoms with Crippen molar-refractivity contribution in [2.45, 2.75) is 31.3 Å². The summed E-state index contributed by atoms with van der Waals surface area (Å²) in [5.74, 6) is -2.27. The van der Waals surface area contributed by atoms with Crippen LogP contribution in [0.15, 0.2) is 24.3 Å². The maximum atomic E-state index is 13.2. The van der Waals surface area contributed by atoms with E-state index in [2.05, 4.69) is 32.9 Å². The number of hydrogen-bond donors (Lipinski definition) is 3. The van der Waals surface area contributed by atoms with Crippen LogP contribution in [0.5, 0.6) is 0 Å². The number of rotatable bonds is 6. The number of hydrogen-bond acceptors (Lipinski definition) is 8. The molecule has 204 valence electrons. The van der Waals surface area contributed by atoms with Gasteiger partial charge < -0.3 is 30.5 Å². The van der Waals surface area contributed by atoms with E-state index in [-0.39, 0.29) is 25.0 Å². The molecule has 2 aliphatic heterocycles. The summed E-state index contributed by atoms with van der Waals surface area (Å²) < 4.78 is 4.97. The molecule has 1 saturated heterocycles. The molecule has 11 nitrogen and oxygen atoms in total. The van der Waals surface area contributed by atoms with Gasteiger partial charge in [-0.3, -0.25) is 19.2 Å². The number of nitrogens with zero attached hydrogens (tertiary/aromatic N) is 3. The quantitative estimate of drug-likeness (QED) is 0.446. The molecule has 3 N–H and O–H groups in total. The Bertz CT molecular complexity index is 1160. The molecule has 1 aromatic carbocycles. The third-order valence-electron chi connectivity index (χ3n) is 6.60. The second kappa shape index (κ2) is 12.7. The lowest BCUT2D eigenvalue weighted by Crippen LogP contribution is -2.62. The minimum absolute atomic E-state index is 0.0885. The van der Waals surface area contributed by atoms with Gasteiger partial charge in [-0.15, -0.1) is 11.3 Å². The van der Waals surface area contributed by atoms with Crippen LogP contribution < -0.4 is 16.0 Å². The molecule has 0 bridgehead atoms. The predicted molar refractivity (Wildman–Crippen MR) is 143 cm³/mol. The molecule has 0 unspecified atom stereocenters. The first-order valence-electron chi connectivity index (χ1n) is 12.4. The summed E-state index contributed by atoms with van der Waals surface area (Å²) in [5, 5.41) is 9.06. The van der Waals surface area contributed by atoms with Crippen molar-refractivity contribution >= 4 is 52.3 Å². The van der Waals surface area contributed by atoms with Gasteiger partial charge in [0.15, 0.2) is 5.01 Å². The highest BCUT2D eigenvalue weighted by molar-refractivity contribution is 7.13. The summed E-state index contributed by atoms with van der Waals surface area (Å²) in [4.78, 5) is 60.4. The molecule has 4 rings (SSSR count). The fourth-order valence-corrected chi connectivity index (χ4v) is 5.60. The molecule has 2 aromatic rings. The highest BCUT2D eigenvalue weighted by atomic mass is 35.5. The number of benzene rings is 1. The fraction of sp³-hybridized carbons (Fsp3) is 0.480. The van der Waals surface area contributed by atoms with Crippen LogP contribution in [0.1, 0.15) is 26.8 Å². The molecule has 38 heavy (non-hydrogen) atoms. The van der Waals surface area contributed by atoms with Crippen LogP contribution >= 0.6 is 22.9 Å². The van der Waals surface area contributed by atoms with Crippen molar-refractivity contribution in [2.75, 3.05) is 52.3 Å². The smallest absolute Gasteiger partial charge is 0.313 e. The van der Waals surface area contributed by atoms with E-state index in [0.29, 0.717) is 28.7 Å². The summed E-state index contributed by atoms with van der Waals surface area (Å²) in [6.07, 6.45) is 1.96. The van der Waals surface area contributed by atoms with Gasteiger partial charge in [-0.25, -0.2) is 4.98 Å². The molecule has 2 atom stereocenters. The number of amides is 4. The summed E-state index contributed by atoms with van der Waals surface area (Å²) in [6, 6.07) is 5.18. The normalized spacial score (nSPS) is 19.7. The largest absolute Gasteiger partial charge is 0.375 e. The van der Waals surface area contributed by atoms with Gasteiger partial charge in [0.2, 0.25) is 5.91 Å². The van der Waals surface area contributed by atoms with Crippen molar-refractivity contribution < 1.29 is 23.9 Å². The first-order chi connectivity index (χ1) is 18.2. The van der Waals surface area contributed by atoms with Crippen LogP contribution in [0, 0.1) is 0 Å². The predicted octanol–water partition coefficient (Wildman–Crippen LogP) is 0.928. The molecule has 0 aliphatic carbocycles. The van der Waals surface area contributed by atoms with E-state index in [1.54, 1.807) is 29.2 Å². The number of ether oxygens (including phenoxy) is 1. The van der Waals surface area contributed by atoms with Crippen molar-refractivity contribution in [3.05, 3.63) is 44.9 Å². The Balaban J connectivity index is 1.44. The van der Waals surface area contributed by atoms with Crippen molar-refractivity contribution in [3.63, 3.8) is 0 Å². The molecule has 13 heteroatoms. The highest BCUT2D eigenvalue weighted by Gasteiger charge is 2.35. The minimum Gasteiger partial charge on any atom is -0.375 e. The van der Waals surface area contributed by atoms with Crippen molar-refractivity contribution in [2.24, 2.45) is 0 Å². The second-order valence-corrected chi connectivity index (χ2v) is 10.9. The van der Waals surface area contributed by atoms with E-state index in [4.69, 9.17) is 16.3 Å². The lowest BCUT2D eigenvalue weighted by molar-refractivity contribution is -0.138. The first-order valence-corrected chi connectivity index (χ1v) is 13.5. The van der Waals surface area contributed by atoms with Crippen LogP contribution in [0.2, 0.25) is 5.02 Å². The number of aromatic nitrogens is 1. The van der Waals surface area contributed by atoms with Crippen LogP contribution in [-0.4, -0.2) is 97.4 Å². The van der Waals surface area contributed by atoms with Gasteiger partial charge in [-0.1, -0.05) is 11.6 Å². The number of carbonyl (C=O) groups excluding carboxylic acids is 4. The number of halogens is 1. The molecule has 0 radical (unpaired) electrons. The zero-order chi connectivity index (χ0) is 27.2. The van der Waals surface area contributed by atoms with Gasteiger partial charge in [-0.05, 0) is 44.2 Å². The van der Waals surface area contributed by atoms with Gasteiger partial charge >= 0.3 is 11.8 Å². The number of likely N-dealkylation sites (tertiary alicyclic amines) is 1. The van der Waals surface area contributed by atoms with E-state index >= 15 is 0 Å². The maximum absolute atomic E-state index is 13.2. The van der Waals surface area contributed by atoms with Crippen molar-refractivity contribution in [1.82, 2.24) is 25.4 Å². The Morgan fingerprint density at radius 3 is 2.53 bits per heavy atom. The van der Waals surface area contributed by atoms with E-state index in [1.165, 1.54) is 18.4 Å². The topological polar surface area (TPSA) is 133 Å².